The van der Waals surface area contributed by atoms with Crippen molar-refractivity contribution >= 4 is 33.5 Å². The quantitative estimate of drug-likeness (QED) is 0.366. The largest absolute Gasteiger partial charge is 0.493 e. The molecule has 2 aromatic carbocycles. The SMILES string of the molecule is COc1cc(COc2cc(-n3c(=O)cc(C(F)(F)F)n(C)c3=O)c(F)cc2Cl)cc(Br)c1OC(C)C(=O)O. The first-order chi connectivity index (χ1) is 17.6. The number of ether oxygens (including phenoxy) is 3. The zero-order chi connectivity index (χ0) is 28.5. The minimum Gasteiger partial charge on any atom is -0.493 e. The molecule has 38 heavy (non-hydrogen) atoms. The predicted octanol–water partition coefficient (Wildman–Crippen LogP) is 4.55. The smallest absolute Gasteiger partial charge is 0.431 e. The van der Waals surface area contributed by atoms with E-state index in [0.717, 1.165) is 19.2 Å². The number of halogens is 6. The summed E-state index contributed by atoms with van der Waals surface area (Å²) in [6.45, 7) is 1.11. The number of carbonyl (C=O) groups is 1. The molecular formula is C23H18BrClF4N2O7. The van der Waals surface area contributed by atoms with Crippen LogP contribution in [0.4, 0.5) is 17.6 Å². The first-order valence-corrected chi connectivity index (χ1v) is 11.6. The summed E-state index contributed by atoms with van der Waals surface area (Å²) in [7, 11) is 2.12. The lowest BCUT2D eigenvalue weighted by Crippen LogP contribution is -2.41. The van der Waals surface area contributed by atoms with Crippen LogP contribution in [0.2, 0.25) is 5.02 Å². The van der Waals surface area contributed by atoms with Gasteiger partial charge in [-0.2, -0.15) is 13.2 Å². The molecule has 9 nitrogen and oxygen atoms in total. The van der Waals surface area contributed by atoms with E-state index in [4.69, 9.17) is 30.9 Å². The molecule has 0 aliphatic rings. The van der Waals surface area contributed by atoms with Gasteiger partial charge in [-0.1, -0.05) is 11.6 Å². The Morgan fingerprint density at radius 2 is 1.82 bits per heavy atom. The van der Waals surface area contributed by atoms with Gasteiger partial charge in [0.2, 0.25) is 0 Å². The average molecular weight is 626 g/mol. The van der Waals surface area contributed by atoms with Crippen LogP contribution in [0.1, 0.15) is 18.2 Å². The second-order valence-corrected chi connectivity index (χ2v) is 9.03. The fraction of sp³-hybridized carbons (Fsp3) is 0.261. The number of hydrogen-bond donors (Lipinski definition) is 1. The van der Waals surface area contributed by atoms with Gasteiger partial charge in [-0.15, -0.1) is 0 Å². The second-order valence-electron chi connectivity index (χ2n) is 7.77. The highest BCUT2D eigenvalue weighted by atomic mass is 79.9. The maximum absolute atomic E-state index is 14.7. The Morgan fingerprint density at radius 1 is 1.16 bits per heavy atom. The molecule has 1 heterocycles. The molecule has 15 heteroatoms. The van der Waals surface area contributed by atoms with Gasteiger partial charge < -0.3 is 19.3 Å². The van der Waals surface area contributed by atoms with Crippen molar-refractivity contribution in [2.24, 2.45) is 7.05 Å². The van der Waals surface area contributed by atoms with Crippen molar-refractivity contribution in [2.45, 2.75) is 25.8 Å². The molecule has 0 aliphatic heterocycles. The van der Waals surface area contributed by atoms with Gasteiger partial charge in [-0.3, -0.25) is 9.36 Å². The molecule has 0 saturated heterocycles. The number of benzene rings is 2. The molecular weight excluding hydrogens is 608 g/mol. The Balaban J connectivity index is 1.98. The summed E-state index contributed by atoms with van der Waals surface area (Å²) in [5, 5.41) is 8.83. The van der Waals surface area contributed by atoms with Crippen molar-refractivity contribution in [2.75, 3.05) is 7.11 Å². The third-order valence-corrected chi connectivity index (χ3v) is 6.06. The molecule has 3 aromatic rings. The van der Waals surface area contributed by atoms with Crippen LogP contribution in [0.3, 0.4) is 0 Å². The van der Waals surface area contributed by atoms with Crippen molar-refractivity contribution in [3.63, 3.8) is 0 Å². The maximum Gasteiger partial charge on any atom is 0.431 e. The van der Waals surface area contributed by atoms with Crippen LogP contribution in [0, 0.1) is 5.82 Å². The number of carboxylic acid groups (broad SMARTS) is 1. The standard InChI is InChI=1S/C23H18BrClF4N2O7/c1-10(21(33)34)38-20-12(24)4-11(5-17(20)36-3)9-37-16-7-15(14(26)6-13(16)25)31-19(32)8-18(23(27,28)29)30(2)22(31)35/h4-8,10H,9H2,1-3H3,(H,33,34). The van der Waals surface area contributed by atoms with Crippen molar-refractivity contribution in [3.8, 4) is 22.9 Å². The summed E-state index contributed by atoms with van der Waals surface area (Å²) in [6, 6.07) is 4.83. The summed E-state index contributed by atoms with van der Waals surface area (Å²) in [5.74, 6) is -2.26. The highest BCUT2D eigenvalue weighted by molar-refractivity contribution is 9.10. The van der Waals surface area contributed by atoms with Crippen molar-refractivity contribution < 1.29 is 41.7 Å². The fourth-order valence-electron chi connectivity index (χ4n) is 3.28. The van der Waals surface area contributed by atoms with Crippen LogP contribution in [0.5, 0.6) is 17.2 Å². The van der Waals surface area contributed by atoms with E-state index in [1.165, 1.54) is 26.2 Å². The molecule has 0 bridgehead atoms. The number of rotatable bonds is 8. The highest BCUT2D eigenvalue weighted by Crippen LogP contribution is 2.38. The fourth-order valence-corrected chi connectivity index (χ4v) is 4.07. The third-order valence-electron chi connectivity index (χ3n) is 5.18. The Bertz CT molecular complexity index is 1520. The molecule has 1 aromatic heterocycles. The Kier molecular flexibility index (Phi) is 8.46. The van der Waals surface area contributed by atoms with Gasteiger partial charge in [0, 0.05) is 19.2 Å². The Labute approximate surface area is 224 Å². The van der Waals surface area contributed by atoms with E-state index >= 15 is 0 Å². The van der Waals surface area contributed by atoms with E-state index in [2.05, 4.69) is 15.9 Å². The van der Waals surface area contributed by atoms with Gasteiger partial charge in [0.15, 0.2) is 17.6 Å². The third kappa shape index (κ3) is 5.96. The zero-order valence-electron chi connectivity index (χ0n) is 19.7. The molecule has 0 amide bonds. The summed E-state index contributed by atoms with van der Waals surface area (Å²) in [5.41, 5.74) is -4.56. The first kappa shape index (κ1) is 29.0. The molecule has 1 N–H and O–H groups in total. The number of aromatic nitrogens is 2. The van der Waals surface area contributed by atoms with Crippen LogP contribution in [-0.2, 0) is 24.6 Å². The number of alkyl halides is 3. The van der Waals surface area contributed by atoms with Gasteiger partial charge in [0.1, 0.15) is 23.9 Å². The lowest BCUT2D eigenvalue weighted by Gasteiger charge is -2.17. The summed E-state index contributed by atoms with van der Waals surface area (Å²) in [4.78, 5) is 36.1. The van der Waals surface area contributed by atoms with E-state index in [-0.39, 0.29) is 44.1 Å². The van der Waals surface area contributed by atoms with Crippen LogP contribution < -0.4 is 25.5 Å². The van der Waals surface area contributed by atoms with E-state index in [9.17, 15) is 31.9 Å². The van der Waals surface area contributed by atoms with E-state index in [1.807, 2.05) is 0 Å². The number of hydrogen-bond acceptors (Lipinski definition) is 6. The van der Waals surface area contributed by atoms with E-state index < -0.39 is 46.7 Å². The van der Waals surface area contributed by atoms with Gasteiger partial charge in [0.25, 0.3) is 5.56 Å². The average Bonchev–Trinajstić information content (AvgIpc) is 2.82. The van der Waals surface area contributed by atoms with E-state index in [0.29, 0.717) is 10.0 Å². The minimum absolute atomic E-state index is 0.116. The van der Waals surface area contributed by atoms with Crippen molar-refractivity contribution in [3.05, 3.63) is 77.7 Å². The number of methoxy groups -OCH3 is 1. The Morgan fingerprint density at radius 3 is 2.39 bits per heavy atom. The van der Waals surface area contributed by atoms with Crippen LogP contribution in [0.25, 0.3) is 5.69 Å². The summed E-state index contributed by atoms with van der Waals surface area (Å²) < 4.78 is 71.1. The number of carboxylic acids is 1. The molecule has 1 unspecified atom stereocenters. The predicted molar refractivity (Wildman–Crippen MR) is 130 cm³/mol. The van der Waals surface area contributed by atoms with Gasteiger partial charge in [-0.05, 0) is 46.6 Å². The van der Waals surface area contributed by atoms with Crippen LogP contribution in [-0.4, -0.2) is 33.4 Å². The van der Waals surface area contributed by atoms with Crippen molar-refractivity contribution in [1.29, 1.82) is 0 Å². The first-order valence-electron chi connectivity index (χ1n) is 10.4. The molecule has 3 rings (SSSR count). The van der Waals surface area contributed by atoms with E-state index in [1.54, 1.807) is 0 Å². The zero-order valence-corrected chi connectivity index (χ0v) is 22.1. The lowest BCUT2D eigenvalue weighted by atomic mass is 10.2. The topological polar surface area (TPSA) is 109 Å². The Hall–Kier alpha value is -3.52. The normalized spacial score (nSPS) is 12.2. The molecule has 0 fully saturated rings. The molecule has 0 radical (unpaired) electrons. The van der Waals surface area contributed by atoms with Crippen molar-refractivity contribution in [1.82, 2.24) is 9.13 Å². The second kappa shape index (κ2) is 11.1. The minimum atomic E-state index is -4.99. The van der Waals surface area contributed by atoms with Crippen LogP contribution >= 0.6 is 27.5 Å². The molecule has 0 aliphatic carbocycles. The molecule has 0 spiro atoms. The highest BCUT2D eigenvalue weighted by Gasteiger charge is 2.35. The van der Waals surface area contributed by atoms with Crippen LogP contribution in [0.15, 0.2) is 44.4 Å². The molecule has 1 atom stereocenters. The monoisotopic (exact) mass is 624 g/mol. The number of aliphatic carboxylic acids is 1. The lowest BCUT2D eigenvalue weighted by molar-refractivity contribution is -0.145. The van der Waals surface area contributed by atoms with Gasteiger partial charge >= 0.3 is 17.8 Å². The van der Waals surface area contributed by atoms with Gasteiger partial charge in [-0.25, -0.2) is 18.5 Å². The summed E-state index contributed by atoms with van der Waals surface area (Å²) in [6.07, 6.45) is -6.17. The number of nitrogens with zero attached hydrogens (tertiary/aromatic N) is 2. The van der Waals surface area contributed by atoms with Gasteiger partial charge in [0.05, 0.1) is 22.3 Å². The maximum atomic E-state index is 14.7. The summed E-state index contributed by atoms with van der Waals surface area (Å²) >= 11 is 9.33. The molecule has 0 saturated carbocycles. The molecule has 204 valence electrons.